The van der Waals surface area contributed by atoms with Crippen molar-refractivity contribution in [3.63, 3.8) is 0 Å². The van der Waals surface area contributed by atoms with Gasteiger partial charge in [-0.15, -0.1) is 0 Å². The van der Waals surface area contributed by atoms with Crippen molar-refractivity contribution in [1.82, 2.24) is 0 Å². The third-order valence-electron chi connectivity index (χ3n) is 2.16. The molecule has 1 nitrogen and oxygen atoms in total. The Labute approximate surface area is 112 Å². The zero-order chi connectivity index (χ0) is 12.7. The Morgan fingerprint density at radius 3 is 2.12 bits per heavy atom. The maximum absolute atomic E-state index is 10.6. The van der Waals surface area contributed by atoms with Gasteiger partial charge in [0.05, 0.1) is 0 Å². The molecule has 17 heavy (non-hydrogen) atoms. The number of halogens is 2. The largest absolute Gasteiger partial charge is 0.295 e. The minimum absolute atomic E-state index is 0.121. The van der Waals surface area contributed by atoms with E-state index >= 15 is 0 Å². The van der Waals surface area contributed by atoms with Gasteiger partial charge in [0.2, 0.25) is 0 Å². The highest BCUT2D eigenvalue weighted by Gasteiger charge is 2.18. The van der Waals surface area contributed by atoms with Crippen molar-refractivity contribution in [2.75, 3.05) is 0 Å². The predicted octanol–water partition coefficient (Wildman–Crippen LogP) is 4.57. The summed E-state index contributed by atoms with van der Waals surface area (Å²) >= 11 is 11.4. The molecule has 0 unspecified atom stereocenters. The van der Waals surface area contributed by atoms with E-state index < -0.39 is 4.33 Å². The summed E-state index contributed by atoms with van der Waals surface area (Å²) in [5, 5.41) is 0. The number of benzene rings is 1. The van der Waals surface area contributed by atoms with E-state index in [1.54, 1.807) is 13.0 Å². The summed E-state index contributed by atoms with van der Waals surface area (Å²) in [6.45, 7) is 1.56. The third-order valence-corrected chi connectivity index (χ3v) is 2.72. The molecule has 1 aliphatic rings. The summed E-state index contributed by atoms with van der Waals surface area (Å²) in [6.07, 6.45) is 8.22. The number of allylic oxidation sites excluding steroid dienone is 4. The lowest BCUT2D eigenvalue weighted by atomic mass is 10.2. The van der Waals surface area contributed by atoms with E-state index in [0.29, 0.717) is 6.42 Å². The van der Waals surface area contributed by atoms with E-state index in [-0.39, 0.29) is 5.78 Å². The Morgan fingerprint density at radius 2 is 1.82 bits per heavy atom. The minimum Gasteiger partial charge on any atom is -0.295 e. The second-order valence-corrected chi connectivity index (χ2v) is 5.22. The van der Waals surface area contributed by atoms with E-state index in [9.17, 15) is 4.79 Å². The van der Waals surface area contributed by atoms with Gasteiger partial charge in [-0.1, -0.05) is 71.8 Å². The summed E-state index contributed by atoms with van der Waals surface area (Å²) in [6, 6.07) is 9.23. The van der Waals surface area contributed by atoms with Gasteiger partial charge in [0.25, 0.3) is 0 Å². The van der Waals surface area contributed by atoms with Crippen LogP contribution in [0.25, 0.3) is 0 Å². The molecule has 2 rings (SSSR count). The molecule has 0 saturated carbocycles. The summed E-state index contributed by atoms with van der Waals surface area (Å²) in [4.78, 5) is 10.6. The van der Waals surface area contributed by atoms with Crippen LogP contribution in [0.3, 0.4) is 0 Å². The van der Waals surface area contributed by atoms with Crippen LogP contribution in [0.1, 0.15) is 23.7 Å². The Kier molecular flexibility index (Phi) is 5.46. The molecule has 0 aromatic heterocycles. The summed E-state index contributed by atoms with van der Waals surface area (Å²) < 4.78 is -0.644. The van der Waals surface area contributed by atoms with Gasteiger partial charge in [-0.3, -0.25) is 4.79 Å². The summed E-state index contributed by atoms with van der Waals surface area (Å²) in [5.74, 6) is 0.121. The average Bonchev–Trinajstić information content (AvgIpc) is 2.30. The van der Waals surface area contributed by atoms with Crippen molar-refractivity contribution < 1.29 is 4.79 Å². The van der Waals surface area contributed by atoms with Crippen molar-refractivity contribution in [2.24, 2.45) is 0 Å². The lowest BCUT2D eigenvalue weighted by molar-refractivity contribution is 0.101. The van der Waals surface area contributed by atoms with Crippen LogP contribution in [0.4, 0.5) is 0 Å². The van der Waals surface area contributed by atoms with Gasteiger partial charge in [0.1, 0.15) is 4.33 Å². The third kappa shape index (κ3) is 5.71. The molecule has 0 bridgehead atoms. The molecule has 0 spiro atoms. The summed E-state index contributed by atoms with van der Waals surface area (Å²) in [5.41, 5.74) is 0.775. The normalized spacial score (nSPS) is 15.9. The number of hydrogen-bond donors (Lipinski definition) is 0. The number of rotatable bonds is 1. The maximum atomic E-state index is 10.6. The SMILES string of the molecule is CC(=O)c1ccccc1.ClC1(Cl)C=CC=CC1. The highest BCUT2D eigenvalue weighted by atomic mass is 35.5. The maximum Gasteiger partial charge on any atom is 0.159 e. The van der Waals surface area contributed by atoms with Crippen molar-refractivity contribution in [1.29, 1.82) is 0 Å². The van der Waals surface area contributed by atoms with Crippen LogP contribution in [-0.2, 0) is 0 Å². The fourth-order valence-corrected chi connectivity index (χ4v) is 1.56. The first-order chi connectivity index (χ1) is 8.01. The van der Waals surface area contributed by atoms with Crippen molar-refractivity contribution >= 4 is 29.0 Å². The molecule has 0 atom stereocenters. The highest BCUT2D eigenvalue weighted by molar-refractivity contribution is 6.50. The molecule has 90 valence electrons. The molecule has 1 aromatic rings. The minimum atomic E-state index is -0.644. The molecule has 0 fully saturated rings. The van der Waals surface area contributed by atoms with Crippen LogP contribution in [0.15, 0.2) is 54.6 Å². The van der Waals surface area contributed by atoms with E-state index in [1.807, 2.05) is 48.6 Å². The monoisotopic (exact) mass is 268 g/mol. The molecule has 1 aliphatic carbocycles. The van der Waals surface area contributed by atoms with Gasteiger partial charge >= 0.3 is 0 Å². The number of alkyl halides is 2. The number of Topliss-reactive ketones (excluding diaryl/α,β-unsaturated/α-hetero) is 1. The van der Waals surface area contributed by atoms with Crippen LogP contribution in [-0.4, -0.2) is 10.1 Å². The number of hydrogen-bond acceptors (Lipinski definition) is 1. The van der Waals surface area contributed by atoms with Gasteiger partial charge in [0, 0.05) is 12.0 Å². The lowest BCUT2D eigenvalue weighted by Crippen LogP contribution is -2.07. The number of carbonyl (C=O) groups is 1. The van der Waals surface area contributed by atoms with Crippen LogP contribution in [0.2, 0.25) is 0 Å². The molecule has 3 heteroatoms. The standard InChI is InChI=1S/C8H8O.C6H6Cl2/c1-7(9)8-5-3-2-4-6-8;7-6(8)4-2-1-3-5-6/h2-6H,1H3;1-4H,5H2. The molecule has 1 aromatic carbocycles. The quantitative estimate of drug-likeness (QED) is 0.539. The zero-order valence-electron chi connectivity index (χ0n) is 9.57. The van der Waals surface area contributed by atoms with Crippen LogP contribution in [0.5, 0.6) is 0 Å². The Hall–Kier alpha value is -1.05. The van der Waals surface area contributed by atoms with E-state index in [4.69, 9.17) is 23.2 Å². The van der Waals surface area contributed by atoms with Gasteiger partial charge in [0.15, 0.2) is 5.78 Å². The fraction of sp³-hybridized carbons (Fsp3) is 0.214. The highest BCUT2D eigenvalue weighted by Crippen LogP contribution is 2.29. The van der Waals surface area contributed by atoms with E-state index in [1.165, 1.54) is 0 Å². The van der Waals surface area contributed by atoms with E-state index in [2.05, 4.69) is 0 Å². The first kappa shape index (κ1) is 14.0. The van der Waals surface area contributed by atoms with Gasteiger partial charge < -0.3 is 0 Å². The van der Waals surface area contributed by atoms with Crippen molar-refractivity contribution in [3.05, 3.63) is 60.2 Å². The fourth-order valence-electron chi connectivity index (χ4n) is 1.24. The van der Waals surface area contributed by atoms with Crippen LogP contribution < -0.4 is 0 Å². The van der Waals surface area contributed by atoms with Crippen molar-refractivity contribution in [2.45, 2.75) is 17.7 Å². The van der Waals surface area contributed by atoms with Crippen LogP contribution >= 0.6 is 23.2 Å². The molecule has 0 radical (unpaired) electrons. The molecule has 0 aliphatic heterocycles. The van der Waals surface area contributed by atoms with Crippen molar-refractivity contribution in [3.8, 4) is 0 Å². The second kappa shape index (κ2) is 6.63. The lowest BCUT2D eigenvalue weighted by Gasteiger charge is -2.13. The Bertz CT molecular complexity index is 419. The van der Waals surface area contributed by atoms with Gasteiger partial charge in [-0.2, -0.15) is 0 Å². The summed E-state index contributed by atoms with van der Waals surface area (Å²) in [7, 11) is 0. The topological polar surface area (TPSA) is 17.1 Å². The molecule has 0 heterocycles. The zero-order valence-corrected chi connectivity index (χ0v) is 11.1. The number of carbonyl (C=O) groups excluding carboxylic acids is 1. The Balaban J connectivity index is 0.000000171. The van der Waals surface area contributed by atoms with E-state index in [0.717, 1.165) is 5.56 Å². The smallest absolute Gasteiger partial charge is 0.159 e. The molecular weight excluding hydrogens is 255 g/mol. The average molecular weight is 269 g/mol. The molecular formula is C14H14Cl2O. The van der Waals surface area contributed by atoms with Gasteiger partial charge in [-0.25, -0.2) is 0 Å². The van der Waals surface area contributed by atoms with Gasteiger partial charge in [-0.05, 0) is 13.0 Å². The predicted molar refractivity (Wildman–Crippen MR) is 73.8 cm³/mol. The first-order valence-corrected chi connectivity index (χ1v) is 6.05. The molecule has 0 N–H and O–H groups in total. The molecule has 0 saturated heterocycles. The Morgan fingerprint density at radius 1 is 1.18 bits per heavy atom. The van der Waals surface area contributed by atoms with Crippen LogP contribution in [0, 0.1) is 0 Å². The molecule has 0 amide bonds. The second-order valence-electron chi connectivity index (χ2n) is 3.67. The first-order valence-electron chi connectivity index (χ1n) is 5.29. The number of ketones is 1.